The van der Waals surface area contributed by atoms with Crippen molar-refractivity contribution in [1.82, 2.24) is 10.6 Å². The Morgan fingerprint density at radius 1 is 0.824 bits per heavy atom. The highest BCUT2D eigenvalue weighted by molar-refractivity contribution is 5.98. The highest BCUT2D eigenvalue weighted by Crippen LogP contribution is 2.14. The van der Waals surface area contributed by atoms with Crippen LogP contribution in [-0.4, -0.2) is 41.6 Å². The molecule has 2 atom stereocenters. The van der Waals surface area contributed by atoms with E-state index in [2.05, 4.69) is 17.6 Å². The summed E-state index contributed by atoms with van der Waals surface area (Å²) in [5.74, 6) is -1.60. The van der Waals surface area contributed by atoms with Gasteiger partial charge in [0, 0.05) is 5.56 Å². The third-order valence-electron chi connectivity index (χ3n) is 5.85. The molecule has 3 N–H and O–H groups in total. The summed E-state index contributed by atoms with van der Waals surface area (Å²) < 4.78 is 5.77. The predicted molar refractivity (Wildman–Crippen MR) is 135 cm³/mol. The number of hydrogen-bond donors (Lipinski definition) is 3. The molecule has 0 aliphatic rings. The van der Waals surface area contributed by atoms with Gasteiger partial charge in [-0.25, -0.2) is 4.79 Å². The fourth-order valence-electron chi connectivity index (χ4n) is 3.62. The minimum absolute atomic E-state index is 0.266. The highest BCUT2D eigenvalue weighted by atomic mass is 16.5. The molecule has 2 amide bonds. The van der Waals surface area contributed by atoms with Gasteiger partial charge in [-0.2, -0.15) is 0 Å². The number of aliphatic carboxylic acids is 1. The molecule has 1 rings (SSSR count). The molecular weight excluding hydrogens is 432 g/mol. The first-order valence-corrected chi connectivity index (χ1v) is 12.8. The molecule has 0 unspecified atom stereocenters. The van der Waals surface area contributed by atoms with E-state index in [9.17, 15) is 19.5 Å². The van der Waals surface area contributed by atoms with Gasteiger partial charge in [0.2, 0.25) is 5.91 Å². The Morgan fingerprint density at radius 2 is 1.35 bits per heavy atom. The maximum Gasteiger partial charge on any atom is 0.326 e. The molecule has 1 aromatic rings. The van der Waals surface area contributed by atoms with Gasteiger partial charge in [0.05, 0.1) is 6.61 Å². The molecule has 34 heavy (non-hydrogen) atoms. The molecule has 0 saturated heterocycles. The quantitative estimate of drug-likeness (QED) is 0.248. The molecule has 192 valence electrons. The maximum atomic E-state index is 12.4. The third-order valence-corrected chi connectivity index (χ3v) is 5.85. The smallest absolute Gasteiger partial charge is 0.326 e. The summed E-state index contributed by atoms with van der Waals surface area (Å²) in [6.45, 7) is 7.84. The van der Waals surface area contributed by atoms with E-state index in [4.69, 9.17) is 4.74 Å². The monoisotopic (exact) mass is 476 g/mol. The molecule has 0 heterocycles. The van der Waals surface area contributed by atoms with Crippen molar-refractivity contribution in [3.8, 4) is 5.75 Å². The van der Waals surface area contributed by atoms with Crippen LogP contribution in [0.15, 0.2) is 24.3 Å². The summed E-state index contributed by atoms with van der Waals surface area (Å²) >= 11 is 0. The number of ether oxygens (including phenoxy) is 1. The first kappa shape index (κ1) is 29.5. The van der Waals surface area contributed by atoms with Crippen LogP contribution in [0.1, 0.15) is 102 Å². The summed E-state index contributed by atoms with van der Waals surface area (Å²) in [5.41, 5.74) is 0.407. The van der Waals surface area contributed by atoms with E-state index in [0.717, 1.165) is 12.8 Å². The molecule has 0 aliphatic heterocycles. The summed E-state index contributed by atoms with van der Waals surface area (Å²) in [7, 11) is 0. The van der Waals surface area contributed by atoms with Gasteiger partial charge >= 0.3 is 5.97 Å². The molecule has 0 fully saturated rings. The van der Waals surface area contributed by atoms with Crippen LogP contribution in [-0.2, 0) is 9.59 Å². The van der Waals surface area contributed by atoms with Gasteiger partial charge in [0.15, 0.2) is 0 Å². The van der Waals surface area contributed by atoms with Crippen molar-refractivity contribution in [3.63, 3.8) is 0 Å². The zero-order valence-corrected chi connectivity index (χ0v) is 21.4. The van der Waals surface area contributed by atoms with Crippen LogP contribution >= 0.6 is 0 Å². The molecule has 0 radical (unpaired) electrons. The number of benzene rings is 1. The van der Waals surface area contributed by atoms with Crippen LogP contribution in [0, 0.1) is 5.92 Å². The van der Waals surface area contributed by atoms with Crippen molar-refractivity contribution in [2.45, 2.75) is 104 Å². The van der Waals surface area contributed by atoms with E-state index in [-0.39, 0.29) is 5.92 Å². The summed E-state index contributed by atoms with van der Waals surface area (Å²) in [6, 6.07) is 4.94. The van der Waals surface area contributed by atoms with Crippen LogP contribution < -0.4 is 15.4 Å². The lowest BCUT2D eigenvalue weighted by atomic mass is 10.0. The van der Waals surface area contributed by atoms with Crippen LogP contribution in [0.4, 0.5) is 0 Å². The van der Waals surface area contributed by atoms with Crippen molar-refractivity contribution in [1.29, 1.82) is 0 Å². The Hall–Kier alpha value is -2.57. The third kappa shape index (κ3) is 12.1. The van der Waals surface area contributed by atoms with Crippen LogP contribution in [0.2, 0.25) is 0 Å². The minimum Gasteiger partial charge on any atom is -0.494 e. The number of hydrogen-bond acceptors (Lipinski definition) is 4. The number of carbonyl (C=O) groups excluding carboxylic acids is 2. The molecule has 0 aromatic heterocycles. The van der Waals surface area contributed by atoms with Gasteiger partial charge in [0.1, 0.15) is 17.8 Å². The lowest BCUT2D eigenvalue weighted by Gasteiger charge is -2.21. The molecule has 0 aliphatic carbocycles. The summed E-state index contributed by atoms with van der Waals surface area (Å²) in [5, 5.41) is 14.3. The zero-order chi connectivity index (χ0) is 25.3. The zero-order valence-electron chi connectivity index (χ0n) is 21.4. The average Bonchev–Trinajstić information content (AvgIpc) is 2.80. The van der Waals surface area contributed by atoms with Gasteiger partial charge in [0.25, 0.3) is 5.91 Å². The number of rotatable bonds is 18. The second-order valence-corrected chi connectivity index (χ2v) is 9.32. The van der Waals surface area contributed by atoms with Crippen molar-refractivity contribution in [2.75, 3.05) is 6.61 Å². The fraction of sp³-hybridized carbons (Fsp3) is 0.667. The van der Waals surface area contributed by atoms with E-state index in [0.29, 0.717) is 17.9 Å². The maximum absolute atomic E-state index is 12.4. The molecule has 0 saturated carbocycles. The number of carbonyl (C=O) groups is 3. The summed E-state index contributed by atoms with van der Waals surface area (Å²) in [4.78, 5) is 35.9. The Kier molecular flexibility index (Phi) is 14.7. The molecule has 7 heteroatoms. The second-order valence-electron chi connectivity index (χ2n) is 9.32. The standard InChI is InChI=1S/C27H44N2O5/c1-5-6-7-8-9-10-11-12-13-14-19-34-23-17-15-22(16-18-23)26(31)28-21(4)25(30)29-24(20(2)3)27(32)33/h15-18,20-21,24H,5-14,19H2,1-4H3,(H,28,31)(H,29,30)(H,32,33)/t21-,24-/m0/s1. The van der Waals surface area contributed by atoms with Crippen molar-refractivity contribution >= 4 is 17.8 Å². The van der Waals surface area contributed by atoms with Gasteiger partial charge in [-0.1, -0.05) is 78.6 Å². The van der Waals surface area contributed by atoms with E-state index < -0.39 is 29.9 Å². The van der Waals surface area contributed by atoms with Crippen LogP contribution in [0.3, 0.4) is 0 Å². The molecule has 0 bridgehead atoms. The van der Waals surface area contributed by atoms with Crippen molar-refractivity contribution in [2.24, 2.45) is 5.92 Å². The first-order valence-electron chi connectivity index (χ1n) is 12.8. The number of carboxylic acid groups (broad SMARTS) is 1. The lowest BCUT2D eigenvalue weighted by Crippen LogP contribution is -2.52. The Balaban J connectivity index is 2.28. The summed E-state index contributed by atoms with van der Waals surface area (Å²) in [6.07, 6.45) is 12.8. The first-order chi connectivity index (χ1) is 16.3. The van der Waals surface area contributed by atoms with Gasteiger partial charge < -0.3 is 20.5 Å². The van der Waals surface area contributed by atoms with Gasteiger partial charge in [-0.15, -0.1) is 0 Å². The Morgan fingerprint density at radius 3 is 1.85 bits per heavy atom. The van der Waals surface area contributed by atoms with Gasteiger partial charge in [-0.3, -0.25) is 9.59 Å². The van der Waals surface area contributed by atoms with E-state index in [1.165, 1.54) is 58.3 Å². The Bertz CT molecular complexity index is 733. The molecular formula is C27H44N2O5. The van der Waals surface area contributed by atoms with E-state index in [1.807, 2.05) is 0 Å². The number of unbranched alkanes of at least 4 members (excludes halogenated alkanes) is 9. The normalized spacial score (nSPS) is 12.7. The number of amides is 2. The lowest BCUT2D eigenvalue weighted by molar-refractivity contribution is -0.143. The van der Waals surface area contributed by atoms with Crippen LogP contribution in [0.25, 0.3) is 0 Å². The highest BCUT2D eigenvalue weighted by Gasteiger charge is 2.26. The Labute approximate surface area is 205 Å². The fourth-order valence-corrected chi connectivity index (χ4v) is 3.62. The second kappa shape index (κ2) is 17.0. The number of carboxylic acids is 1. The average molecular weight is 477 g/mol. The topological polar surface area (TPSA) is 105 Å². The molecule has 7 nitrogen and oxygen atoms in total. The predicted octanol–water partition coefficient (Wildman–Crippen LogP) is 5.33. The SMILES string of the molecule is CCCCCCCCCCCCOc1ccc(C(=O)N[C@@H](C)C(=O)N[C@H](C(=O)O)C(C)C)cc1. The van der Waals surface area contributed by atoms with Crippen molar-refractivity contribution < 1.29 is 24.2 Å². The molecule has 1 aromatic carbocycles. The molecule has 0 spiro atoms. The van der Waals surface area contributed by atoms with E-state index in [1.54, 1.807) is 38.1 Å². The largest absolute Gasteiger partial charge is 0.494 e. The van der Waals surface area contributed by atoms with Crippen molar-refractivity contribution in [3.05, 3.63) is 29.8 Å². The van der Waals surface area contributed by atoms with Gasteiger partial charge in [-0.05, 0) is 43.5 Å². The van der Waals surface area contributed by atoms with Crippen LogP contribution in [0.5, 0.6) is 5.75 Å². The minimum atomic E-state index is -1.10. The number of nitrogens with one attached hydrogen (secondary N) is 2. The van der Waals surface area contributed by atoms with E-state index >= 15 is 0 Å².